The van der Waals surface area contributed by atoms with Crippen LogP contribution >= 0.6 is 0 Å². The van der Waals surface area contributed by atoms with E-state index in [0.717, 1.165) is 24.1 Å². The maximum absolute atomic E-state index is 15.2. The van der Waals surface area contributed by atoms with Crippen LogP contribution in [0.5, 0.6) is 0 Å². The quantitative estimate of drug-likeness (QED) is 0.291. The van der Waals surface area contributed by atoms with Crippen LogP contribution < -0.4 is 11.1 Å². The van der Waals surface area contributed by atoms with Crippen molar-refractivity contribution in [3.63, 3.8) is 0 Å². The molecule has 0 saturated heterocycles. The molecule has 0 bridgehead atoms. The van der Waals surface area contributed by atoms with E-state index in [1.165, 1.54) is 16.6 Å². The Hall–Kier alpha value is -3.47. The van der Waals surface area contributed by atoms with Gasteiger partial charge in [0.15, 0.2) is 0 Å². The smallest absolute Gasteiger partial charge is 0.229 e. The normalized spacial score (nSPS) is 26.4. The molecule has 2 saturated carbocycles. The lowest BCUT2D eigenvalue weighted by Crippen LogP contribution is -2.54. The van der Waals surface area contributed by atoms with Crippen LogP contribution in [0.1, 0.15) is 63.0 Å². The number of halogens is 2. The van der Waals surface area contributed by atoms with E-state index in [2.05, 4.69) is 20.4 Å². The zero-order valence-electron chi connectivity index (χ0n) is 21.9. The Labute approximate surface area is 224 Å². The number of fused-ring (bicyclic) bond motifs is 1. The van der Waals surface area contributed by atoms with Crippen LogP contribution in [0.25, 0.3) is 16.8 Å². The SMILES string of the molecule is CC1CC(c2ccncc2Nc2ncc3ccc(-c4c(F)cc(C5(O)CCC5)cc4F)nn23)CC(N)C1(C)O. The first-order valence-corrected chi connectivity index (χ1v) is 13.3. The lowest BCUT2D eigenvalue weighted by molar-refractivity contribution is -0.0463. The Morgan fingerprint density at radius 3 is 2.49 bits per heavy atom. The lowest BCUT2D eigenvalue weighted by Gasteiger charge is -2.44. The highest BCUT2D eigenvalue weighted by Crippen LogP contribution is 2.44. The van der Waals surface area contributed by atoms with Gasteiger partial charge in [0.25, 0.3) is 0 Å². The summed E-state index contributed by atoms with van der Waals surface area (Å²) >= 11 is 0. The molecule has 0 amide bonds. The van der Waals surface area contributed by atoms with E-state index in [4.69, 9.17) is 5.73 Å². The van der Waals surface area contributed by atoms with Crippen LogP contribution in [0.2, 0.25) is 0 Å². The van der Waals surface area contributed by atoms with Gasteiger partial charge in [0, 0.05) is 12.2 Å². The number of aliphatic hydroxyl groups is 2. The summed E-state index contributed by atoms with van der Waals surface area (Å²) < 4.78 is 31.8. The van der Waals surface area contributed by atoms with Gasteiger partial charge in [-0.3, -0.25) is 4.98 Å². The number of imidazole rings is 1. The number of anilines is 2. The molecule has 0 aliphatic heterocycles. The summed E-state index contributed by atoms with van der Waals surface area (Å²) in [7, 11) is 0. The van der Waals surface area contributed by atoms with E-state index in [1.807, 2.05) is 13.0 Å². The van der Waals surface area contributed by atoms with Gasteiger partial charge in [-0.15, -0.1) is 0 Å². The third kappa shape index (κ3) is 4.36. The van der Waals surface area contributed by atoms with E-state index in [-0.39, 0.29) is 34.7 Å². The van der Waals surface area contributed by atoms with Gasteiger partial charge in [0.2, 0.25) is 5.95 Å². The number of hydrogen-bond donors (Lipinski definition) is 4. The van der Waals surface area contributed by atoms with Crippen molar-refractivity contribution in [3.8, 4) is 11.3 Å². The second-order valence-electron chi connectivity index (χ2n) is 11.3. The summed E-state index contributed by atoms with van der Waals surface area (Å²) in [6, 6.07) is 7.21. The molecule has 204 valence electrons. The molecule has 8 nitrogen and oxygen atoms in total. The summed E-state index contributed by atoms with van der Waals surface area (Å²) in [5.41, 5.74) is 6.69. The number of nitrogens with two attached hydrogens (primary N) is 1. The summed E-state index contributed by atoms with van der Waals surface area (Å²) in [6.45, 7) is 3.80. The largest absolute Gasteiger partial charge is 0.388 e. The highest BCUT2D eigenvalue weighted by molar-refractivity contribution is 5.66. The monoisotopic (exact) mass is 534 g/mol. The van der Waals surface area contributed by atoms with Crippen molar-refractivity contribution in [2.45, 2.75) is 69.1 Å². The predicted molar refractivity (Wildman–Crippen MR) is 143 cm³/mol. The van der Waals surface area contributed by atoms with Crippen molar-refractivity contribution in [1.29, 1.82) is 0 Å². The Morgan fingerprint density at radius 2 is 1.82 bits per heavy atom. The summed E-state index contributed by atoms with van der Waals surface area (Å²) in [5, 5.41) is 29.1. The number of hydrogen-bond acceptors (Lipinski definition) is 7. The van der Waals surface area contributed by atoms with Crippen LogP contribution in [0.15, 0.2) is 48.9 Å². The number of benzene rings is 1. The van der Waals surface area contributed by atoms with E-state index in [0.29, 0.717) is 30.7 Å². The fourth-order valence-corrected chi connectivity index (χ4v) is 5.90. The summed E-state index contributed by atoms with van der Waals surface area (Å²) in [6.07, 6.45) is 8.21. The van der Waals surface area contributed by atoms with Gasteiger partial charge >= 0.3 is 0 Å². The highest BCUT2D eigenvalue weighted by Gasteiger charge is 2.42. The van der Waals surface area contributed by atoms with Crippen molar-refractivity contribution in [1.82, 2.24) is 19.6 Å². The van der Waals surface area contributed by atoms with Crippen LogP contribution in [-0.4, -0.2) is 41.4 Å². The standard InChI is InChI=1S/C29H32F2N6O2/c1-16-10-17(11-25(32)28(16,2)38)20-6-9-33-15-24(20)35-27-34-14-19-4-5-23(36-37(19)27)26-21(30)12-18(13-22(26)31)29(39)7-3-8-29/h4-6,9,12-17,25,38-39H,3,7-8,10-11,32H2,1-2H3,(H,34,35). The predicted octanol–water partition coefficient (Wildman–Crippen LogP) is 4.78. The van der Waals surface area contributed by atoms with Crippen LogP contribution in [0.4, 0.5) is 20.4 Å². The van der Waals surface area contributed by atoms with Gasteiger partial charge in [-0.2, -0.15) is 9.61 Å². The first-order valence-electron chi connectivity index (χ1n) is 13.3. The maximum Gasteiger partial charge on any atom is 0.229 e. The molecular weight excluding hydrogens is 502 g/mol. The van der Waals surface area contributed by atoms with Crippen molar-refractivity contribution in [3.05, 3.63) is 71.7 Å². The van der Waals surface area contributed by atoms with Crippen molar-refractivity contribution in [2.24, 2.45) is 11.7 Å². The van der Waals surface area contributed by atoms with Crippen LogP contribution in [0, 0.1) is 17.6 Å². The molecule has 3 aromatic heterocycles. The first-order chi connectivity index (χ1) is 18.6. The Morgan fingerprint density at radius 1 is 1.08 bits per heavy atom. The third-order valence-electron chi connectivity index (χ3n) is 8.87. The molecule has 2 fully saturated rings. The molecule has 2 aliphatic carbocycles. The van der Waals surface area contributed by atoms with Gasteiger partial charge in [-0.05, 0) is 92.3 Å². The minimum atomic E-state index is -1.17. The minimum Gasteiger partial charge on any atom is -0.388 e. The fraction of sp³-hybridized carbons (Fsp3) is 0.414. The number of pyridine rings is 1. The van der Waals surface area contributed by atoms with E-state index < -0.39 is 22.8 Å². The highest BCUT2D eigenvalue weighted by atomic mass is 19.1. The molecular formula is C29H32F2N6O2. The number of nitrogens with zero attached hydrogens (tertiary/aromatic N) is 4. The second-order valence-corrected chi connectivity index (χ2v) is 11.3. The van der Waals surface area contributed by atoms with E-state index in [1.54, 1.807) is 37.6 Å². The number of nitrogens with one attached hydrogen (secondary N) is 1. The zero-order chi connectivity index (χ0) is 27.5. The average Bonchev–Trinajstić information content (AvgIpc) is 3.27. The maximum atomic E-state index is 15.2. The molecule has 0 spiro atoms. The second kappa shape index (κ2) is 9.32. The van der Waals surface area contributed by atoms with Gasteiger partial charge in [-0.25, -0.2) is 13.8 Å². The molecule has 4 unspecified atom stereocenters. The van der Waals surface area contributed by atoms with Crippen molar-refractivity contribution in [2.75, 3.05) is 5.32 Å². The molecule has 39 heavy (non-hydrogen) atoms. The number of aromatic nitrogens is 4. The molecule has 1 aromatic carbocycles. The van der Waals surface area contributed by atoms with Gasteiger partial charge in [-0.1, -0.05) is 6.92 Å². The lowest BCUT2D eigenvalue weighted by atomic mass is 9.68. The van der Waals surface area contributed by atoms with Crippen LogP contribution in [-0.2, 0) is 5.60 Å². The van der Waals surface area contributed by atoms with Crippen molar-refractivity contribution < 1.29 is 19.0 Å². The molecule has 5 N–H and O–H groups in total. The molecule has 4 aromatic rings. The third-order valence-corrected chi connectivity index (χ3v) is 8.87. The summed E-state index contributed by atoms with van der Waals surface area (Å²) in [5.74, 6) is -1.09. The Kier molecular flexibility index (Phi) is 6.16. The van der Waals surface area contributed by atoms with Gasteiger partial charge in [0.05, 0.1) is 46.1 Å². The Bertz CT molecular complexity index is 1510. The first kappa shape index (κ1) is 25.8. The summed E-state index contributed by atoms with van der Waals surface area (Å²) in [4.78, 5) is 8.73. The van der Waals surface area contributed by atoms with Crippen LogP contribution in [0.3, 0.4) is 0 Å². The van der Waals surface area contributed by atoms with E-state index >= 15 is 8.78 Å². The van der Waals surface area contributed by atoms with E-state index in [9.17, 15) is 10.2 Å². The molecule has 3 heterocycles. The van der Waals surface area contributed by atoms with Gasteiger partial charge in [0.1, 0.15) is 11.6 Å². The number of rotatable bonds is 5. The molecule has 6 rings (SSSR count). The Balaban J connectivity index is 1.33. The topological polar surface area (TPSA) is 122 Å². The molecule has 2 aliphatic rings. The zero-order valence-corrected chi connectivity index (χ0v) is 21.9. The average molecular weight is 535 g/mol. The van der Waals surface area contributed by atoms with Gasteiger partial charge < -0.3 is 21.3 Å². The van der Waals surface area contributed by atoms with Crippen molar-refractivity contribution >= 4 is 17.2 Å². The minimum absolute atomic E-state index is 0.00457. The molecule has 0 radical (unpaired) electrons. The molecule has 4 atom stereocenters. The molecule has 10 heteroatoms. The fourth-order valence-electron chi connectivity index (χ4n) is 5.90.